The minimum atomic E-state index is -0.762. The number of benzene rings is 1. The van der Waals surface area contributed by atoms with E-state index in [0.717, 1.165) is 19.4 Å². The van der Waals surface area contributed by atoms with Crippen LogP contribution in [0.1, 0.15) is 24.4 Å². The van der Waals surface area contributed by atoms with Gasteiger partial charge in [-0.3, -0.25) is 9.69 Å². The van der Waals surface area contributed by atoms with Crippen LogP contribution < -0.4 is 5.32 Å². The third kappa shape index (κ3) is 2.68. The van der Waals surface area contributed by atoms with E-state index in [2.05, 4.69) is 5.32 Å². The number of carbonyl (C=O) groups excluding carboxylic acids is 2. The highest BCUT2D eigenvalue weighted by molar-refractivity contribution is 6.01. The van der Waals surface area contributed by atoms with Gasteiger partial charge in [0.2, 0.25) is 0 Å². The molecule has 0 saturated carbocycles. The van der Waals surface area contributed by atoms with E-state index in [1.165, 1.54) is 11.0 Å². The average Bonchev–Trinajstić information content (AvgIpc) is 3.21. The molecule has 7 heteroatoms. The van der Waals surface area contributed by atoms with Gasteiger partial charge in [-0.2, -0.15) is 0 Å². The van der Waals surface area contributed by atoms with Crippen molar-refractivity contribution in [3.8, 4) is 0 Å². The van der Waals surface area contributed by atoms with Crippen molar-refractivity contribution in [2.75, 3.05) is 26.7 Å². The second-order valence-electron chi connectivity index (χ2n) is 6.64. The van der Waals surface area contributed by atoms with E-state index in [4.69, 9.17) is 4.74 Å². The van der Waals surface area contributed by atoms with Crippen LogP contribution in [0.4, 0.5) is 9.18 Å². The molecular weight excluding hydrogens is 325 g/mol. The van der Waals surface area contributed by atoms with Gasteiger partial charge in [-0.15, -0.1) is 0 Å². The van der Waals surface area contributed by atoms with Crippen molar-refractivity contribution < 1.29 is 18.7 Å². The second-order valence-corrected chi connectivity index (χ2v) is 6.64. The number of nitrogens with one attached hydrogen (secondary N) is 1. The Kier molecular flexibility index (Phi) is 3.95. The number of ether oxygens (including phenoxy) is 1. The third-order valence-electron chi connectivity index (χ3n) is 5.10. The Morgan fingerprint density at radius 3 is 2.84 bits per heavy atom. The molecule has 0 bridgehead atoms. The van der Waals surface area contributed by atoms with E-state index in [9.17, 15) is 14.0 Å². The minimum Gasteiger partial charge on any atom is -0.376 e. The molecule has 1 saturated heterocycles. The predicted molar refractivity (Wildman–Crippen MR) is 88.0 cm³/mol. The first-order chi connectivity index (χ1) is 12.1. The summed E-state index contributed by atoms with van der Waals surface area (Å²) in [4.78, 5) is 28.4. The minimum absolute atomic E-state index is 0.0335. The van der Waals surface area contributed by atoms with Crippen molar-refractivity contribution in [2.45, 2.75) is 25.0 Å². The number of nitrogens with zero attached hydrogens (tertiary/aromatic N) is 2. The number of halogens is 1. The summed E-state index contributed by atoms with van der Waals surface area (Å²) in [5.74, 6) is -0.597. The molecule has 0 unspecified atom stereocenters. The average molecular weight is 345 g/mol. The molecule has 1 N–H and O–H groups in total. The van der Waals surface area contributed by atoms with E-state index in [0.29, 0.717) is 29.9 Å². The van der Waals surface area contributed by atoms with Gasteiger partial charge in [0.05, 0.1) is 30.0 Å². The van der Waals surface area contributed by atoms with Gasteiger partial charge in [0.1, 0.15) is 5.82 Å². The Morgan fingerprint density at radius 1 is 1.32 bits per heavy atom. The van der Waals surface area contributed by atoms with Crippen LogP contribution in [0.3, 0.4) is 0 Å². The van der Waals surface area contributed by atoms with Crippen LogP contribution >= 0.6 is 0 Å². The van der Waals surface area contributed by atoms with Crippen LogP contribution in [0.25, 0.3) is 0 Å². The van der Waals surface area contributed by atoms with Crippen molar-refractivity contribution in [1.29, 1.82) is 0 Å². The van der Waals surface area contributed by atoms with Gasteiger partial charge in [0.15, 0.2) is 0 Å². The number of likely N-dealkylation sites (N-methyl/N-ethyl adjacent to an activating group) is 1. The van der Waals surface area contributed by atoms with Crippen molar-refractivity contribution >= 4 is 11.9 Å². The highest BCUT2D eigenvalue weighted by atomic mass is 19.1. The van der Waals surface area contributed by atoms with Gasteiger partial charge in [0, 0.05) is 25.8 Å². The zero-order valence-electron chi connectivity index (χ0n) is 14.0. The first kappa shape index (κ1) is 16.1. The molecule has 4 rings (SSSR count). The van der Waals surface area contributed by atoms with E-state index in [1.54, 1.807) is 30.1 Å². The van der Waals surface area contributed by atoms with E-state index >= 15 is 0 Å². The highest BCUT2D eigenvalue weighted by Crippen LogP contribution is 2.36. The maximum absolute atomic E-state index is 14.3. The van der Waals surface area contributed by atoms with E-state index in [-0.39, 0.29) is 18.0 Å². The maximum atomic E-state index is 14.3. The number of urea groups is 1. The quantitative estimate of drug-likeness (QED) is 0.909. The molecule has 1 aromatic rings. The van der Waals surface area contributed by atoms with Crippen LogP contribution in [0.2, 0.25) is 0 Å². The molecule has 2 atom stereocenters. The molecule has 3 heterocycles. The summed E-state index contributed by atoms with van der Waals surface area (Å²) >= 11 is 0. The standard InChI is InChI=1S/C18H20FN3O3/c1-21-14-10-22(9-11-5-4-8-25-11)17(23)15(14)16(20-18(21)24)12-6-2-3-7-13(12)19/h2-3,6-7,11,16H,4-5,8-10H2,1H3,(H,20,24)/t11-,16+/m1/s1. The highest BCUT2D eigenvalue weighted by Gasteiger charge is 2.44. The number of hydrogen-bond acceptors (Lipinski definition) is 3. The summed E-state index contributed by atoms with van der Waals surface area (Å²) in [6.07, 6.45) is 1.96. The summed E-state index contributed by atoms with van der Waals surface area (Å²) < 4.78 is 19.9. The first-order valence-electron chi connectivity index (χ1n) is 8.49. The molecule has 132 valence electrons. The molecule has 0 aliphatic carbocycles. The molecule has 3 aliphatic heterocycles. The summed E-state index contributed by atoms with van der Waals surface area (Å²) in [5.41, 5.74) is 1.40. The van der Waals surface area contributed by atoms with Gasteiger partial charge in [0.25, 0.3) is 5.91 Å². The Balaban J connectivity index is 1.67. The van der Waals surface area contributed by atoms with Crippen molar-refractivity contribution in [1.82, 2.24) is 15.1 Å². The molecule has 0 aromatic heterocycles. The lowest BCUT2D eigenvalue weighted by atomic mass is 9.95. The van der Waals surface area contributed by atoms with Gasteiger partial charge >= 0.3 is 6.03 Å². The normalized spacial score (nSPS) is 26.3. The summed E-state index contributed by atoms with van der Waals surface area (Å²) in [6.45, 7) is 1.57. The van der Waals surface area contributed by atoms with Crippen LogP contribution in [-0.4, -0.2) is 54.6 Å². The molecule has 1 fully saturated rings. The molecule has 0 spiro atoms. The lowest BCUT2D eigenvalue weighted by Gasteiger charge is -2.31. The monoisotopic (exact) mass is 345 g/mol. The SMILES string of the molecule is CN1C(=O)N[C@@H](c2ccccc2F)C2=C1CN(C[C@H]1CCCO1)C2=O. The Labute approximate surface area is 145 Å². The maximum Gasteiger partial charge on any atom is 0.322 e. The van der Waals surface area contributed by atoms with Gasteiger partial charge in [-0.05, 0) is 18.9 Å². The smallest absolute Gasteiger partial charge is 0.322 e. The van der Waals surface area contributed by atoms with Crippen LogP contribution in [0, 0.1) is 5.82 Å². The third-order valence-corrected chi connectivity index (χ3v) is 5.10. The van der Waals surface area contributed by atoms with Crippen molar-refractivity contribution in [2.24, 2.45) is 0 Å². The summed E-state index contributed by atoms with van der Waals surface area (Å²) in [7, 11) is 1.63. The zero-order chi connectivity index (χ0) is 17.6. The zero-order valence-corrected chi connectivity index (χ0v) is 14.0. The van der Waals surface area contributed by atoms with Crippen molar-refractivity contribution in [3.63, 3.8) is 0 Å². The lowest BCUT2D eigenvalue weighted by molar-refractivity contribution is -0.127. The number of hydrogen-bond donors (Lipinski definition) is 1. The molecule has 3 amide bonds. The van der Waals surface area contributed by atoms with E-state index < -0.39 is 11.9 Å². The van der Waals surface area contributed by atoms with Crippen LogP contribution in [-0.2, 0) is 9.53 Å². The largest absolute Gasteiger partial charge is 0.376 e. The Hall–Kier alpha value is -2.41. The molecule has 25 heavy (non-hydrogen) atoms. The fraction of sp³-hybridized carbons (Fsp3) is 0.444. The number of rotatable bonds is 3. The van der Waals surface area contributed by atoms with Gasteiger partial charge < -0.3 is 15.0 Å². The fourth-order valence-electron chi connectivity index (χ4n) is 3.75. The molecule has 0 radical (unpaired) electrons. The Bertz CT molecular complexity index is 758. The molecule has 1 aromatic carbocycles. The summed E-state index contributed by atoms with van der Waals surface area (Å²) in [5, 5.41) is 2.75. The number of amides is 3. The topological polar surface area (TPSA) is 61.9 Å². The predicted octanol–water partition coefficient (Wildman–Crippen LogP) is 1.80. The van der Waals surface area contributed by atoms with Crippen molar-refractivity contribution in [3.05, 3.63) is 46.9 Å². The van der Waals surface area contributed by atoms with Gasteiger partial charge in [-0.25, -0.2) is 9.18 Å². The second kappa shape index (κ2) is 6.15. The first-order valence-corrected chi connectivity index (χ1v) is 8.49. The number of carbonyl (C=O) groups is 2. The lowest BCUT2D eigenvalue weighted by Crippen LogP contribution is -2.45. The molecule has 6 nitrogen and oxygen atoms in total. The Morgan fingerprint density at radius 2 is 2.12 bits per heavy atom. The summed E-state index contributed by atoms with van der Waals surface area (Å²) in [6, 6.07) is 5.13. The van der Waals surface area contributed by atoms with E-state index in [1.807, 2.05) is 0 Å². The van der Waals surface area contributed by atoms with Crippen LogP contribution in [0.15, 0.2) is 35.5 Å². The van der Waals surface area contributed by atoms with Crippen LogP contribution in [0.5, 0.6) is 0 Å². The molecular formula is C18H20FN3O3. The molecule has 3 aliphatic rings. The van der Waals surface area contributed by atoms with Gasteiger partial charge in [-0.1, -0.05) is 18.2 Å². The fourth-order valence-corrected chi connectivity index (χ4v) is 3.75.